The first-order chi connectivity index (χ1) is 18.4. The number of nitrogens with one attached hydrogen (secondary N) is 3. The predicted octanol–water partition coefficient (Wildman–Crippen LogP) is 6.06. The van der Waals surface area contributed by atoms with E-state index < -0.39 is 5.92 Å². The molecule has 0 fully saturated rings. The summed E-state index contributed by atoms with van der Waals surface area (Å²) in [6, 6.07) is 25.8. The molecule has 1 aliphatic rings. The Morgan fingerprint density at radius 1 is 1.05 bits per heavy atom. The van der Waals surface area contributed by atoms with Crippen LogP contribution in [0.3, 0.4) is 0 Å². The van der Waals surface area contributed by atoms with E-state index in [-0.39, 0.29) is 17.6 Å². The zero-order valence-electron chi connectivity index (χ0n) is 20.7. The number of allylic oxidation sites excluding steroid dienone is 2. The molecule has 3 aromatic carbocycles. The normalized spacial score (nSPS) is 14.8. The molecule has 0 bridgehead atoms. The first kappa shape index (κ1) is 26.9. The number of dihydropyridines is 1. The molecule has 0 spiro atoms. The monoisotopic (exact) mass is 544 g/mol. The number of hydrogen-bond donors (Lipinski definition) is 3. The molecule has 1 aliphatic heterocycles. The molecule has 0 radical (unpaired) electrons. The maximum atomic E-state index is 13.5. The van der Waals surface area contributed by atoms with E-state index in [1.165, 1.54) is 18.9 Å². The standard InChI is InChI=1S/C29H25ClN4O3S/c1-18-26(28(36)33-21-11-7-4-8-12-21)27(19-9-5-3-6-10-19)22(16-31)29(32-18)38-17-25(35)34-23-15-20(30)13-14-24(23)37-2/h3-15,27,32H,17H2,1-2H3,(H,33,36)(H,34,35)/t27-/m1/s1. The van der Waals surface area contributed by atoms with Crippen molar-refractivity contribution < 1.29 is 14.3 Å². The third-order valence-electron chi connectivity index (χ3n) is 5.84. The van der Waals surface area contributed by atoms with Crippen molar-refractivity contribution in [2.45, 2.75) is 12.8 Å². The van der Waals surface area contributed by atoms with Crippen molar-refractivity contribution in [2.24, 2.45) is 0 Å². The number of thioether (sulfide) groups is 1. The van der Waals surface area contributed by atoms with Crippen LogP contribution in [0.4, 0.5) is 11.4 Å². The lowest BCUT2D eigenvalue weighted by molar-refractivity contribution is -0.114. The van der Waals surface area contributed by atoms with Gasteiger partial charge in [-0.3, -0.25) is 9.59 Å². The highest BCUT2D eigenvalue weighted by Gasteiger charge is 2.34. The molecule has 38 heavy (non-hydrogen) atoms. The van der Waals surface area contributed by atoms with E-state index in [1.807, 2.05) is 48.5 Å². The number of methoxy groups -OCH3 is 1. The molecule has 0 saturated carbocycles. The van der Waals surface area contributed by atoms with Crippen molar-refractivity contribution in [3.05, 3.63) is 111 Å². The number of ether oxygens (including phenoxy) is 1. The minimum atomic E-state index is -0.607. The zero-order chi connectivity index (χ0) is 27.1. The number of benzene rings is 3. The summed E-state index contributed by atoms with van der Waals surface area (Å²) in [6.45, 7) is 1.79. The van der Waals surface area contributed by atoms with Gasteiger partial charge in [0.2, 0.25) is 5.91 Å². The number of carbonyl (C=O) groups is 2. The quantitative estimate of drug-likeness (QED) is 0.319. The van der Waals surface area contributed by atoms with E-state index in [0.29, 0.717) is 44.0 Å². The highest BCUT2D eigenvalue weighted by molar-refractivity contribution is 8.03. The van der Waals surface area contributed by atoms with E-state index in [9.17, 15) is 14.9 Å². The van der Waals surface area contributed by atoms with E-state index in [2.05, 4.69) is 22.0 Å². The SMILES string of the molecule is COc1ccc(Cl)cc1NC(=O)CSC1=C(C#N)[C@@H](c2ccccc2)C(C(=O)Nc2ccccc2)=C(C)N1. The van der Waals surface area contributed by atoms with Gasteiger partial charge in [-0.15, -0.1) is 0 Å². The molecule has 0 aromatic heterocycles. The number of anilines is 2. The van der Waals surface area contributed by atoms with Crippen LogP contribution in [0.15, 0.2) is 101 Å². The topological polar surface area (TPSA) is 103 Å². The van der Waals surface area contributed by atoms with Crippen LogP contribution in [-0.2, 0) is 9.59 Å². The molecule has 1 atom stereocenters. The fourth-order valence-electron chi connectivity index (χ4n) is 4.13. The average molecular weight is 545 g/mol. The van der Waals surface area contributed by atoms with Crippen molar-refractivity contribution in [2.75, 3.05) is 23.5 Å². The first-order valence-corrected chi connectivity index (χ1v) is 13.1. The maximum Gasteiger partial charge on any atom is 0.254 e. The lowest BCUT2D eigenvalue weighted by Crippen LogP contribution is -2.31. The van der Waals surface area contributed by atoms with Crippen LogP contribution in [0.25, 0.3) is 0 Å². The van der Waals surface area contributed by atoms with Gasteiger partial charge in [-0.05, 0) is 42.8 Å². The molecule has 192 valence electrons. The molecule has 0 saturated heterocycles. The van der Waals surface area contributed by atoms with Crippen LogP contribution in [0.2, 0.25) is 5.02 Å². The summed E-state index contributed by atoms with van der Waals surface area (Å²) in [5, 5.41) is 20.1. The van der Waals surface area contributed by atoms with E-state index in [1.54, 1.807) is 37.3 Å². The van der Waals surface area contributed by atoms with Crippen LogP contribution in [0.1, 0.15) is 18.4 Å². The molecule has 1 heterocycles. The molecular weight excluding hydrogens is 520 g/mol. The van der Waals surface area contributed by atoms with Crippen molar-refractivity contribution in [3.8, 4) is 11.8 Å². The van der Waals surface area contributed by atoms with Crippen LogP contribution in [-0.4, -0.2) is 24.7 Å². The fourth-order valence-corrected chi connectivity index (χ4v) is 5.19. The summed E-state index contributed by atoms with van der Waals surface area (Å²) in [5.41, 5.74) is 3.31. The van der Waals surface area contributed by atoms with Crippen LogP contribution >= 0.6 is 23.4 Å². The Morgan fingerprint density at radius 3 is 2.39 bits per heavy atom. The van der Waals surface area contributed by atoms with Crippen molar-refractivity contribution in [1.29, 1.82) is 5.26 Å². The first-order valence-electron chi connectivity index (χ1n) is 11.7. The summed E-state index contributed by atoms with van der Waals surface area (Å²) >= 11 is 7.26. The molecule has 9 heteroatoms. The molecule has 3 N–H and O–H groups in total. The molecule has 7 nitrogen and oxygen atoms in total. The van der Waals surface area contributed by atoms with Gasteiger partial charge in [0, 0.05) is 22.0 Å². The number of nitriles is 1. The number of halogens is 1. The Bertz CT molecular complexity index is 1450. The molecule has 3 aromatic rings. The van der Waals surface area contributed by atoms with Gasteiger partial charge in [-0.25, -0.2) is 0 Å². The highest BCUT2D eigenvalue weighted by Crippen LogP contribution is 2.41. The molecule has 4 rings (SSSR count). The maximum absolute atomic E-state index is 13.5. The van der Waals surface area contributed by atoms with Gasteiger partial charge in [0.25, 0.3) is 5.91 Å². The van der Waals surface area contributed by atoms with Crippen molar-refractivity contribution >= 4 is 46.6 Å². The van der Waals surface area contributed by atoms with Gasteiger partial charge >= 0.3 is 0 Å². The Hall–Kier alpha value is -4.19. The zero-order valence-corrected chi connectivity index (χ0v) is 22.3. The van der Waals surface area contributed by atoms with Gasteiger partial charge in [0.1, 0.15) is 5.75 Å². The summed E-state index contributed by atoms with van der Waals surface area (Å²) in [5.74, 6) is -0.712. The number of hydrogen-bond acceptors (Lipinski definition) is 6. The summed E-state index contributed by atoms with van der Waals surface area (Å²) in [4.78, 5) is 26.3. The number of para-hydroxylation sites is 1. The van der Waals surface area contributed by atoms with Gasteiger partial charge < -0.3 is 20.7 Å². The summed E-state index contributed by atoms with van der Waals surface area (Å²) in [7, 11) is 1.51. The van der Waals surface area contributed by atoms with Crippen LogP contribution in [0, 0.1) is 11.3 Å². The number of carbonyl (C=O) groups excluding carboxylic acids is 2. The average Bonchev–Trinajstić information content (AvgIpc) is 2.92. The van der Waals surface area contributed by atoms with E-state index >= 15 is 0 Å². The van der Waals surface area contributed by atoms with Crippen molar-refractivity contribution in [1.82, 2.24) is 5.32 Å². The Labute approximate surface area is 230 Å². The highest BCUT2D eigenvalue weighted by atomic mass is 35.5. The molecular formula is C29H25ClN4O3S. The lowest BCUT2D eigenvalue weighted by Gasteiger charge is -2.30. The van der Waals surface area contributed by atoms with Gasteiger partial charge in [0.15, 0.2) is 0 Å². The number of nitrogens with zero attached hydrogens (tertiary/aromatic N) is 1. The van der Waals surface area contributed by atoms with E-state index in [4.69, 9.17) is 16.3 Å². The minimum Gasteiger partial charge on any atom is -0.495 e. The molecule has 2 amide bonds. The van der Waals surface area contributed by atoms with E-state index in [0.717, 1.165) is 5.56 Å². The third kappa shape index (κ3) is 6.20. The second-order valence-electron chi connectivity index (χ2n) is 8.36. The number of amides is 2. The van der Waals surface area contributed by atoms with Crippen molar-refractivity contribution in [3.63, 3.8) is 0 Å². The second-order valence-corrected chi connectivity index (χ2v) is 9.79. The predicted molar refractivity (Wildman–Crippen MR) is 152 cm³/mol. The Balaban J connectivity index is 1.60. The second kappa shape index (κ2) is 12.4. The van der Waals surface area contributed by atoms with Crippen LogP contribution in [0.5, 0.6) is 5.75 Å². The number of rotatable bonds is 8. The Kier molecular flexibility index (Phi) is 8.74. The van der Waals surface area contributed by atoms with Gasteiger partial charge in [-0.2, -0.15) is 5.26 Å². The largest absolute Gasteiger partial charge is 0.495 e. The van der Waals surface area contributed by atoms with Crippen LogP contribution < -0.4 is 20.7 Å². The van der Waals surface area contributed by atoms with Gasteiger partial charge in [0.05, 0.1) is 41.1 Å². The summed E-state index contributed by atoms with van der Waals surface area (Å²) in [6.07, 6.45) is 0. The molecule has 0 unspecified atom stereocenters. The summed E-state index contributed by atoms with van der Waals surface area (Å²) < 4.78 is 5.30. The van der Waals surface area contributed by atoms with Gasteiger partial charge in [-0.1, -0.05) is 71.9 Å². The minimum absolute atomic E-state index is 0.0174. The Morgan fingerprint density at radius 2 is 1.74 bits per heavy atom. The third-order valence-corrected chi connectivity index (χ3v) is 7.09. The lowest BCUT2D eigenvalue weighted by atomic mass is 9.82. The smallest absolute Gasteiger partial charge is 0.254 e. The fraction of sp³-hybridized carbons (Fsp3) is 0.138. The molecule has 0 aliphatic carbocycles.